The van der Waals surface area contributed by atoms with Gasteiger partial charge in [0.25, 0.3) is 5.91 Å². The summed E-state index contributed by atoms with van der Waals surface area (Å²) in [6.45, 7) is 0.981. The van der Waals surface area contributed by atoms with Gasteiger partial charge in [-0.15, -0.1) is 0 Å². The van der Waals surface area contributed by atoms with Crippen molar-refractivity contribution in [3.8, 4) is 0 Å². The summed E-state index contributed by atoms with van der Waals surface area (Å²) in [4.78, 5) is 11.5. The zero-order valence-corrected chi connectivity index (χ0v) is 9.97. The molecule has 0 aliphatic heterocycles. The van der Waals surface area contributed by atoms with Gasteiger partial charge in [-0.3, -0.25) is 4.79 Å². The molecule has 2 N–H and O–H groups in total. The summed E-state index contributed by atoms with van der Waals surface area (Å²) in [6, 6.07) is 5.45. The molecule has 1 aromatic rings. The van der Waals surface area contributed by atoms with Crippen LogP contribution in [0, 0.1) is 5.92 Å². The van der Waals surface area contributed by atoms with Crippen molar-refractivity contribution in [3.63, 3.8) is 0 Å². The Morgan fingerprint density at radius 1 is 1.50 bits per heavy atom. The summed E-state index contributed by atoms with van der Waals surface area (Å²) < 4.78 is 0. The van der Waals surface area contributed by atoms with Gasteiger partial charge in [0.15, 0.2) is 0 Å². The molecule has 0 saturated heterocycles. The van der Waals surface area contributed by atoms with Gasteiger partial charge in [0.1, 0.15) is 0 Å². The van der Waals surface area contributed by atoms with Crippen LogP contribution in [0.5, 0.6) is 0 Å². The number of carbonyl (C=O) groups is 1. The average Bonchev–Trinajstić information content (AvgIpc) is 3.11. The Bertz CT molecular complexity index is 402. The lowest BCUT2D eigenvalue weighted by atomic mass is 10.2. The molecule has 4 heteroatoms. The summed E-state index contributed by atoms with van der Waals surface area (Å²) in [5.74, 6) is 0.652. The summed E-state index contributed by atoms with van der Waals surface area (Å²) in [5.41, 5.74) is 1.47. The summed E-state index contributed by atoms with van der Waals surface area (Å²) in [6.07, 6.45) is 2.62. The monoisotopic (exact) mass is 238 g/mol. The molecular formula is C12H15ClN2O. The molecule has 16 heavy (non-hydrogen) atoms. The largest absolute Gasteiger partial charge is 0.385 e. The van der Waals surface area contributed by atoms with Gasteiger partial charge < -0.3 is 10.6 Å². The minimum atomic E-state index is -0.153. The second-order valence-corrected chi connectivity index (χ2v) is 4.51. The van der Waals surface area contributed by atoms with Gasteiger partial charge in [0.2, 0.25) is 0 Å². The lowest BCUT2D eigenvalue weighted by Crippen LogP contribution is -2.18. The normalized spacial score (nSPS) is 14.6. The molecule has 0 radical (unpaired) electrons. The van der Waals surface area contributed by atoms with E-state index in [1.165, 1.54) is 12.8 Å². The van der Waals surface area contributed by atoms with Crippen molar-refractivity contribution in [1.29, 1.82) is 0 Å². The summed E-state index contributed by atoms with van der Waals surface area (Å²) >= 11 is 5.96. The standard InChI is InChI=1S/C12H15ClN2O/c1-14-12(16)10-6-9(4-5-11(10)13)15-7-8-2-3-8/h4-6,8,15H,2-3,7H2,1H3,(H,14,16). The number of hydrogen-bond acceptors (Lipinski definition) is 2. The lowest BCUT2D eigenvalue weighted by Gasteiger charge is -2.08. The van der Waals surface area contributed by atoms with E-state index >= 15 is 0 Å². The van der Waals surface area contributed by atoms with Crippen molar-refractivity contribution in [2.24, 2.45) is 5.92 Å². The molecular weight excluding hydrogens is 224 g/mol. The molecule has 2 rings (SSSR count). The van der Waals surface area contributed by atoms with Crippen molar-refractivity contribution in [1.82, 2.24) is 5.32 Å². The van der Waals surface area contributed by atoms with E-state index < -0.39 is 0 Å². The van der Waals surface area contributed by atoms with E-state index in [2.05, 4.69) is 10.6 Å². The number of amides is 1. The van der Waals surface area contributed by atoms with Crippen LogP contribution in [0.15, 0.2) is 18.2 Å². The maximum atomic E-state index is 11.5. The summed E-state index contributed by atoms with van der Waals surface area (Å²) in [7, 11) is 1.60. The molecule has 0 heterocycles. The highest BCUT2D eigenvalue weighted by molar-refractivity contribution is 6.34. The molecule has 1 aliphatic carbocycles. The van der Waals surface area contributed by atoms with Crippen molar-refractivity contribution in [2.75, 3.05) is 18.9 Å². The highest BCUT2D eigenvalue weighted by atomic mass is 35.5. The number of halogens is 1. The molecule has 1 aliphatic rings. The van der Waals surface area contributed by atoms with E-state index in [0.717, 1.165) is 18.2 Å². The molecule has 0 spiro atoms. The number of hydrogen-bond donors (Lipinski definition) is 2. The topological polar surface area (TPSA) is 41.1 Å². The molecule has 0 aromatic heterocycles. The fraction of sp³-hybridized carbons (Fsp3) is 0.417. The third-order valence-corrected chi connectivity index (χ3v) is 3.06. The van der Waals surface area contributed by atoms with Crippen molar-refractivity contribution < 1.29 is 4.79 Å². The highest BCUT2D eigenvalue weighted by Gasteiger charge is 2.20. The van der Waals surface area contributed by atoms with Crippen LogP contribution in [0.1, 0.15) is 23.2 Å². The average molecular weight is 239 g/mol. The first kappa shape index (κ1) is 11.3. The maximum absolute atomic E-state index is 11.5. The number of benzene rings is 1. The molecule has 3 nitrogen and oxygen atoms in total. The van der Waals surface area contributed by atoms with Crippen molar-refractivity contribution in [3.05, 3.63) is 28.8 Å². The quantitative estimate of drug-likeness (QED) is 0.847. The Balaban J connectivity index is 2.10. The third-order valence-electron chi connectivity index (χ3n) is 2.73. The SMILES string of the molecule is CNC(=O)c1cc(NCC2CC2)ccc1Cl. The van der Waals surface area contributed by atoms with Gasteiger partial charge in [-0.05, 0) is 37.0 Å². The second kappa shape index (κ2) is 4.74. The van der Waals surface area contributed by atoms with Crippen LogP contribution in [-0.2, 0) is 0 Å². The lowest BCUT2D eigenvalue weighted by molar-refractivity contribution is 0.0963. The molecule has 86 valence electrons. The number of anilines is 1. The smallest absolute Gasteiger partial charge is 0.252 e. The molecule has 1 amide bonds. The van der Waals surface area contributed by atoms with E-state index in [1.54, 1.807) is 19.2 Å². The van der Waals surface area contributed by atoms with Gasteiger partial charge in [0.05, 0.1) is 10.6 Å². The Morgan fingerprint density at radius 3 is 2.88 bits per heavy atom. The fourth-order valence-electron chi connectivity index (χ4n) is 1.53. The van der Waals surface area contributed by atoms with Crippen LogP contribution < -0.4 is 10.6 Å². The van der Waals surface area contributed by atoms with Crippen LogP contribution in [0.25, 0.3) is 0 Å². The Morgan fingerprint density at radius 2 is 2.25 bits per heavy atom. The van der Waals surface area contributed by atoms with Crippen LogP contribution in [-0.4, -0.2) is 19.5 Å². The first-order valence-electron chi connectivity index (χ1n) is 5.46. The zero-order chi connectivity index (χ0) is 11.5. The number of nitrogens with one attached hydrogen (secondary N) is 2. The molecule has 0 bridgehead atoms. The molecule has 0 atom stereocenters. The maximum Gasteiger partial charge on any atom is 0.252 e. The van der Waals surface area contributed by atoms with Crippen LogP contribution in [0.3, 0.4) is 0 Å². The van der Waals surface area contributed by atoms with Crippen molar-refractivity contribution >= 4 is 23.2 Å². The van der Waals surface area contributed by atoms with Crippen molar-refractivity contribution in [2.45, 2.75) is 12.8 Å². The van der Waals surface area contributed by atoms with Crippen LogP contribution in [0.2, 0.25) is 5.02 Å². The van der Waals surface area contributed by atoms with Gasteiger partial charge in [-0.2, -0.15) is 0 Å². The highest BCUT2D eigenvalue weighted by Crippen LogP contribution is 2.29. The van der Waals surface area contributed by atoms with E-state index in [1.807, 2.05) is 6.07 Å². The Kier molecular flexibility index (Phi) is 3.34. The Hall–Kier alpha value is -1.22. The van der Waals surface area contributed by atoms with Gasteiger partial charge in [0, 0.05) is 19.3 Å². The predicted octanol–water partition coefficient (Wildman–Crippen LogP) is 2.52. The molecule has 1 saturated carbocycles. The first-order valence-corrected chi connectivity index (χ1v) is 5.84. The van der Waals surface area contributed by atoms with Gasteiger partial charge >= 0.3 is 0 Å². The van der Waals surface area contributed by atoms with Crippen LogP contribution in [0.4, 0.5) is 5.69 Å². The van der Waals surface area contributed by atoms with E-state index in [4.69, 9.17) is 11.6 Å². The Labute approximate surface area is 100 Å². The van der Waals surface area contributed by atoms with Gasteiger partial charge in [-0.1, -0.05) is 11.6 Å². The minimum absolute atomic E-state index is 0.153. The van der Waals surface area contributed by atoms with E-state index in [9.17, 15) is 4.79 Å². The number of rotatable bonds is 4. The summed E-state index contributed by atoms with van der Waals surface area (Å²) in [5, 5.41) is 6.37. The number of carbonyl (C=O) groups excluding carboxylic acids is 1. The first-order chi connectivity index (χ1) is 7.70. The second-order valence-electron chi connectivity index (χ2n) is 4.10. The molecule has 1 aromatic carbocycles. The molecule has 1 fully saturated rings. The minimum Gasteiger partial charge on any atom is -0.385 e. The van der Waals surface area contributed by atoms with E-state index in [0.29, 0.717) is 10.6 Å². The third kappa shape index (κ3) is 2.67. The zero-order valence-electron chi connectivity index (χ0n) is 9.22. The van der Waals surface area contributed by atoms with Gasteiger partial charge in [-0.25, -0.2) is 0 Å². The van der Waals surface area contributed by atoms with Crippen LogP contribution >= 0.6 is 11.6 Å². The predicted molar refractivity (Wildman–Crippen MR) is 66.1 cm³/mol. The fourth-order valence-corrected chi connectivity index (χ4v) is 1.73. The molecule has 0 unspecified atom stereocenters. The van der Waals surface area contributed by atoms with E-state index in [-0.39, 0.29) is 5.91 Å².